The van der Waals surface area contributed by atoms with Gasteiger partial charge in [0, 0.05) is 11.3 Å². The first-order valence-corrected chi connectivity index (χ1v) is 8.38. The molecule has 0 radical (unpaired) electrons. The van der Waals surface area contributed by atoms with Gasteiger partial charge in [-0.2, -0.15) is 0 Å². The second kappa shape index (κ2) is 8.09. The topological polar surface area (TPSA) is 68.4 Å². The van der Waals surface area contributed by atoms with Gasteiger partial charge in [-0.15, -0.1) is 10.2 Å². The van der Waals surface area contributed by atoms with Crippen molar-refractivity contribution in [2.24, 2.45) is 0 Å². The number of aliphatic hydroxyl groups is 1. The molecule has 25 heavy (non-hydrogen) atoms. The Morgan fingerprint density at radius 3 is 2.60 bits per heavy atom. The van der Waals surface area contributed by atoms with E-state index in [2.05, 4.69) is 10.2 Å². The number of ether oxygens (including phenoxy) is 1. The van der Waals surface area contributed by atoms with E-state index in [1.165, 1.54) is 36.4 Å². The van der Waals surface area contributed by atoms with Crippen molar-refractivity contribution < 1.29 is 23.0 Å². The van der Waals surface area contributed by atoms with E-state index in [-0.39, 0.29) is 35.0 Å². The molecular formula is C17H14F2N2O3S. The van der Waals surface area contributed by atoms with Crippen molar-refractivity contribution in [1.82, 2.24) is 10.2 Å². The SMILES string of the molecule is O[C@H](COc1ccccc1F)CSc1nnc(-c2ccc(F)cc2)o1. The lowest BCUT2D eigenvalue weighted by molar-refractivity contribution is 0.123. The van der Waals surface area contributed by atoms with Crippen LogP contribution in [0.4, 0.5) is 8.78 Å². The van der Waals surface area contributed by atoms with E-state index in [1.54, 1.807) is 12.1 Å². The number of hydrogen-bond donors (Lipinski definition) is 1. The Balaban J connectivity index is 1.50. The quantitative estimate of drug-likeness (QED) is 0.647. The Labute approximate surface area is 146 Å². The van der Waals surface area contributed by atoms with E-state index in [1.807, 2.05) is 0 Å². The molecule has 0 saturated carbocycles. The van der Waals surface area contributed by atoms with Crippen molar-refractivity contribution in [2.45, 2.75) is 11.3 Å². The van der Waals surface area contributed by atoms with Crippen LogP contribution >= 0.6 is 11.8 Å². The van der Waals surface area contributed by atoms with E-state index in [9.17, 15) is 13.9 Å². The Morgan fingerprint density at radius 2 is 1.84 bits per heavy atom. The molecule has 3 rings (SSSR count). The first-order valence-electron chi connectivity index (χ1n) is 7.39. The highest BCUT2D eigenvalue weighted by atomic mass is 32.2. The van der Waals surface area contributed by atoms with Gasteiger partial charge in [0.05, 0.1) is 6.10 Å². The Morgan fingerprint density at radius 1 is 1.08 bits per heavy atom. The van der Waals surface area contributed by atoms with Crippen LogP contribution in [0.1, 0.15) is 0 Å². The minimum atomic E-state index is -0.842. The highest BCUT2D eigenvalue weighted by Gasteiger charge is 2.13. The molecule has 0 spiro atoms. The van der Waals surface area contributed by atoms with Gasteiger partial charge in [0.2, 0.25) is 5.89 Å². The third kappa shape index (κ3) is 4.77. The molecule has 1 atom stereocenters. The minimum Gasteiger partial charge on any atom is -0.488 e. The summed E-state index contributed by atoms with van der Waals surface area (Å²) in [6, 6.07) is 11.7. The van der Waals surface area contributed by atoms with Crippen molar-refractivity contribution in [3.63, 3.8) is 0 Å². The number of aliphatic hydroxyl groups excluding tert-OH is 1. The molecule has 1 heterocycles. The standard InChI is InChI=1S/C17H14F2N2O3S/c18-12-7-5-11(6-8-12)16-20-21-17(24-16)25-10-13(22)9-23-15-4-2-1-3-14(15)19/h1-8,13,22H,9-10H2/t13-/m1/s1. The lowest BCUT2D eigenvalue weighted by Crippen LogP contribution is -2.20. The predicted octanol–water partition coefficient (Wildman–Crippen LogP) is 3.55. The second-order valence-corrected chi connectivity index (χ2v) is 6.06. The van der Waals surface area contributed by atoms with Gasteiger partial charge in [0.1, 0.15) is 12.4 Å². The smallest absolute Gasteiger partial charge is 0.276 e. The molecule has 0 aliphatic rings. The maximum atomic E-state index is 13.4. The second-order valence-electron chi connectivity index (χ2n) is 5.09. The highest BCUT2D eigenvalue weighted by molar-refractivity contribution is 7.99. The molecule has 0 fully saturated rings. The molecule has 0 saturated heterocycles. The van der Waals surface area contributed by atoms with Crippen LogP contribution in [-0.4, -0.2) is 33.8 Å². The lowest BCUT2D eigenvalue weighted by atomic mass is 10.2. The fourth-order valence-electron chi connectivity index (χ4n) is 1.94. The normalized spacial score (nSPS) is 12.1. The third-order valence-corrected chi connectivity index (χ3v) is 4.13. The molecule has 0 aliphatic heterocycles. The minimum absolute atomic E-state index is 0.0626. The van der Waals surface area contributed by atoms with Crippen LogP contribution < -0.4 is 4.74 Å². The van der Waals surface area contributed by atoms with Gasteiger partial charge in [-0.1, -0.05) is 23.9 Å². The van der Waals surface area contributed by atoms with Crippen LogP contribution in [0.15, 0.2) is 58.2 Å². The summed E-state index contributed by atoms with van der Waals surface area (Å²) >= 11 is 1.15. The van der Waals surface area contributed by atoms with E-state index in [0.29, 0.717) is 5.56 Å². The van der Waals surface area contributed by atoms with Crippen molar-refractivity contribution in [2.75, 3.05) is 12.4 Å². The molecule has 5 nitrogen and oxygen atoms in total. The molecule has 1 aromatic heterocycles. The Kier molecular flexibility index (Phi) is 5.62. The number of aromatic nitrogens is 2. The lowest BCUT2D eigenvalue weighted by Gasteiger charge is -2.11. The number of thioether (sulfide) groups is 1. The fourth-order valence-corrected chi connectivity index (χ4v) is 2.61. The van der Waals surface area contributed by atoms with Crippen LogP contribution in [0.3, 0.4) is 0 Å². The van der Waals surface area contributed by atoms with Gasteiger partial charge in [-0.3, -0.25) is 0 Å². The Bertz CT molecular complexity index is 827. The summed E-state index contributed by atoms with van der Waals surface area (Å²) in [4.78, 5) is 0. The summed E-state index contributed by atoms with van der Waals surface area (Å²) < 4.78 is 37.0. The zero-order valence-electron chi connectivity index (χ0n) is 12.9. The van der Waals surface area contributed by atoms with Crippen LogP contribution in [0.25, 0.3) is 11.5 Å². The number of rotatable bonds is 7. The maximum absolute atomic E-state index is 13.4. The van der Waals surface area contributed by atoms with Gasteiger partial charge >= 0.3 is 0 Å². The average molecular weight is 364 g/mol. The van der Waals surface area contributed by atoms with E-state index < -0.39 is 11.9 Å². The summed E-state index contributed by atoms with van der Waals surface area (Å²) in [6.45, 7) is -0.0626. The number of nitrogens with zero attached hydrogens (tertiary/aromatic N) is 2. The van der Waals surface area contributed by atoms with Crippen LogP contribution in [0.5, 0.6) is 5.75 Å². The predicted molar refractivity (Wildman–Crippen MR) is 88.3 cm³/mol. The van der Waals surface area contributed by atoms with Crippen molar-refractivity contribution >= 4 is 11.8 Å². The molecule has 0 amide bonds. The molecule has 0 aliphatic carbocycles. The molecule has 130 valence electrons. The maximum Gasteiger partial charge on any atom is 0.276 e. The molecular weight excluding hydrogens is 350 g/mol. The highest BCUT2D eigenvalue weighted by Crippen LogP contribution is 2.24. The van der Waals surface area contributed by atoms with E-state index >= 15 is 0 Å². The van der Waals surface area contributed by atoms with Gasteiger partial charge in [-0.05, 0) is 36.4 Å². The monoisotopic (exact) mass is 364 g/mol. The summed E-state index contributed by atoms with van der Waals surface area (Å²) in [7, 11) is 0. The van der Waals surface area contributed by atoms with Gasteiger partial charge in [-0.25, -0.2) is 8.78 Å². The number of hydrogen-bond acceptors (Lipinski definition) is 6. The van der Waals surface area contributed by atoms with E-state index in [4.69, 9.17) is 9.15 Å². The van der Waals surface area contributed by atoms with Gasteiger partial charge < -0.3 is 14.3 Å². The largest absolute Gasteiger partial charge is 0.488 e. The third-order valence-electron chi connectivity index (χ3n) is 3.16. The van der Waals surface area contributed by atoms with Crippen molar-refractivity contribution in [3.05, 3.63) is 60.2 Å². The van der Waals surface area contributed by atoms with Crippen LogP contribution in [-0.2, 0) is 0 Å². The molecule has 0 bridgehead atoms. The molecule has 0 unspecified atom stereocenters. The summed E-state index contributed by atoms with van der Waals surface area (Å²) in [5.41, 5.74) is 0.601. The van der Waals surface area contributed by atoms with Gasteiger partial charge in [0.15, 0.2) is 11.6 Å². The average Bonchev–Trinajstić information content (AvgIpc) is 3.09. The Hall–Kier alpha value is -2.45. The molecule has 3 aromatic rings. The fraction of sp³-hybridized carbons (Fsp3) is 0.176. The van der Waals surface area contributed by atoms with Crippen molar-refractivity contribution in [3.8, 4) is 17.2 Å². The summed E-state index contributed by atoms with van der Waals surface area (Å²) in [6.07, 6.45) is -0.842. The zero-order valence-corrected chi connectivity index (χ0v) is 13.7. The number of benzene rings is 2. The van der Waals surface area contributed by atoms with Crippen molar-refractivity contribution in [1.29, 1.82) is 0 Å². The summed E-state index contributed by atoms with van der Waals surface area (Å²) in [5.74, 6) is -0.249. The molecule has 1 N–H and O–H groups in total. The van der Waals surface area contributed by atoms with Crippen LogP contribution in [0.2, 0.25) is 0 Å². The van der Waals surface area contributed by atoms with Crippen LogP contribution in [0, 0.1) is 11.6 Å². The van der Waals surface area contributed by atoms with Gasteiger partial charge in [0.25, 0.3) is 5.22 Å². The molecule has 2 aromatic carbocycles. The van der Waals surface area contributed by atoms with E-state index in [0.717, 1.165) is 11.8 Å². The zero-order chi connectivity index (χ0) is 17.6. The summed E-state index contributed by atoms with van der Waals surface area (Å²) in [5, 5.41) is 17.9. The molecule has 8 heteroatoms. The first kappa shape index (κ1) is 17.4. The number of halogens is 2. The first-order chi connectivity index (χ1) is 12.1. The number of para-hydroxylation sites is 1.